The highest BCUT2D eigenvalue weighted by Crippen LogP contribution is 2.30. The van der Waals surface area contributed by atoms with Crippen LogP contribution in [0.1, 0.15) is 45.9 Å². The van der Waals surface area contributed by atoms with Crippen LogP contribution in [0, 0.1) is 0 Å². The van der Waals surface area contributed by atoms with Gasteiger partial charge in [-0.2, -0.15) is 0 Å². The van der Waals surface area contributed by atoms with Crippen LogP contribution < -0.4 is 5.32 Å². The van der Waals surface area contributed by atoms with Gasteiger partial charge in [-0.15, -0.1) is 11.3 Å². The number of esters is 1. The van der Waals surface area contributed by atoms with Crippen molar-refractivity contribution in [3.63, 3.8) is 0 Å². The number of ether oxygens (including phenoxy) is 1. The third-order valence-electron chi connectivity index (χ3n) is 4.81. The summed E-state index contributed by atoms with van der Waals surface area (Å²) in [5.41, 5.74) is 3.29. The third-order valence-corrected chi connectivity index (χ3v) is 5.86. The van der Waals surface area contributed by atoms with Gasteiger partial charge in [0.2, 0.25) is 0 Å². The number of carbonyl (C=O) groups is 2. The molecule has 138 valence electrons. The zero-order chi connectivity index (χ0) is 18.8. The Labute approximate surface area is 161 Å². The first-order chi connectivity index (χ1) is 13.1. The van der Waals surface area contributed by atoms with Crippen LogP contribution in [0.3, 0.4) is 0 Å². The van der Waals surface area contributed by atoms with Gasteiger partial charge in [-0.1, -0.05) is 24.3 Å². The Kier molecular flexibility index (Phi) is 4.90. The molecule has 1 atom stereocenters. The average Bonchev–Trinajstić information content (AvgIpc) is 3.35. The van der Waals surface area contributed by atoms with Gasteiger partial charge in [0.15, 0.2) is 6.61 Å². The van der Waals surface area contributed by atoms with E-state index in [4.69, 9.17) is 4.74 Å². The lowest BCUT2D eigenvalue weighted by Crippen LogP contribution is -2.31. The van der Waals surface area contributed by atoms with E-state index in [1.54, 1.807) is 11.3 Å². The molecule has 1 aliphatic carbocycles. The van der Waals surface area contributed by atoms with Crippen LogP contribution in [0.4, 0.5) is 0 Å². The second-order valence-electron chi connectivity index (χ2n) is 6.66. The summed E-state index contributed by atoms with van der Waals surface area (Å²) in [6.45, 7) is 1.62. The maximum Gasteiger partial charge on any atom is 0.339 e. The summed E-state index contributed by atoms with van der Waals surface area (Å²) in [7, 11) is 0. The molecule has 3 aromatic rings. The number of hydrogen-bond acceptors (Lipinski definition) is 5. The summed E-state index contributed by atoms with van der Waals surface area (Å²) < 4.78 is 5.37. The zero-order valence-electron chi connectivity index (χ0n) is 15.0. The predicted molar refractivity (Wildman–Crippen MR) is 105 cm³/mol. The van der Waals surface area contributed by atoms with Crippen LogP contribution in [0.2, 0.25) is 0 Å². The molecule has 1 aromatic carbocycles. The molecule has 2 heterocycles. The van der Waals surface area contributed by atoms with Gasteiger partial charge in [0.1, 0.15) is 0 Å². The van der Waals surface area contributed by atoms with Gasteiger partial charge in [0.05, 0.1) is 17.1 Å². The van der Waals surface area contributed by atoms with E-state index in [1.165, 1.54) is 0 Å². The number of amides is 1. The normalized spacial score (nSPS) is 14.0. The minimum Gasteiger partial charge on any atom is -0.452 e. The number of thiophene rings is 1. The van der Waals surface area contributed by atoms with E-state index in [0.29, 0.717) is 5.56 Å². The number of para-hydroxylation sites is 1. The Morgan fingerprint density at radius 1 is 1.22 bits per heavy atom. The summed E-state index contributed by atoms with van der Waals surface area (Å²) in [5, 5.41) is 5.61. The fraction of sp³-hybridized carbons (Fsp3) is 0.286. The number of nitrogens with zero attached hydrogens (tertiary/aromatic N) is 1. The van der Waals surface area contributed by atoms with Crippen LogP contribution >= 0.6 is 11.3 Å². The van der Waals surface area contributed by atoms with E-state index in [0.717, 1.165) is 46.3 Å². The van der Waals surface area contributed by atoms with Crippen molar-refractivity contribution in [2.24, 2.45) is 0 Å². The van der Waals surface area contributed by atoms with Gasteiger partial charge in [0.25, 0.3) is 5.91 Å². The molecule has 0 saturated heterocycles. The van der Waals surface area contributed by atoms with Gasteiger partial charge in [-0.25, -0.2) is 4.79 Å². The van der Waals surface area contributed by atoms with Crippen LogP contribution in [0.5, 0.6) is 0 Å². The van der Waals surface area contributed by atoms with Crippen molar-refractivity contribution in [1.82, 2.24) is 10.3 Å². The van der Waals surface area contributed by atoms with E-state index < -0.39 is 5.97 Å². The molecule has 1 N–H and O–H groups in total. The second kappa shape index (κ2) is 7.48. The monoisotopic (exact) mass is 380 g/mol. The highest BCUT2D eigenvalue weighted by molar-refractivity contribution is 7.10. The lowest BCUT2D eigenvalue weighted by molar-refractivity contribution is -0.124. The topological polar surface area (TPSA) is 68.3 Å². The SMILES string of the molecule is C[C@@H](NC(=O)COC(=O)c1c2c(nc3ccccc13)CCC2)c1cccs1. The van der Waals surface area contributed by atoms with E-state index >= 15 is 0 Å². The first-order valence-electron chi connectivity index (χ1n) is 9.04. The Morgan fingerprint density at radius 3 is 2.89 bits per heavy atom. The van der Waals surface area contributed by atoms with Gasteiger partial charge in [0, 0.05) is 16.0 Å². The molecule has 0 saturated carbocycles. The van der Waals surface area contributed by atoms with Gasteiger partial charge >= 0.3 is 5.97 Å². The lowest BCUT2D eigenvalue weighted by atomic mass is 10.0. The number of benzene rings is 1. The molecule has 0 fully saturated rings. The number of rotatable bonds is 5. The Morgan fingerprint density at radius 2 is 2.07 bits per heavy atom. The molecule has 2 aromatic heterocycles. The molecule has 6 heteroatoms. The highest BCUT2D eigenvalue weighted by Gasteiger charge is 2.25. The van der Waals surface area contributed by atoms with Crippen molar-refractivity contribution in [1.29, 1.82) is 0 Å². The van der Waals surface area contributed by atoms with E-state index in [9.17, 15) is 9.59 Å². The summed E-state index contributed by atoms with van der Waals surface area (Å²) in [5.74, 6) is -0.759. The van der Waals surface area contributed by atoms with Crippen LogP contribution in [-0.2, 0) is 22.4 Å². The molecular formula is C21H20N2O3S. The second-order valence-corrected chi connectivity index (χ2v) is 7.64. The van der Waals surface area contributed by atoms with Crippen molar-refractivity contribution in [3.8, 4) is 0 Å². The quantitative estimate of drug-likeness (QED) is 0.683. The number of fused-ring (bicyclic) bond motifs is 2. The molecule has 0 unspecified atom stereocenters. The maximum atomic E-state index is 12.8. The number of nitrogens with one attached hydrogen (secondary N) is 1. The zero-order valence-corrected chi connectivity index (χ0v) is 15.8. The Bertz CT molecular complexity index is 998. The van der Waals surface area contributed by atoms with Crippen LogP contribution in [-0.4, -0.2) is 23.5 Å². The number of aromatic nitrogens is 1. The number of carbonyl (C=O) groups excluding carboxylic acids is 2. The highest BCUT2D eigenvalue weighted by atomic mass is 32.1. The minimum atomic E-state index is -0.453. The number of hydrogen-bond donors (Lipinski definition) is 1. The average molecular weight is 380 g/mol. The molecule has 0 spiro atoms. The standard InChI is InChI=1S/C21H20N2O3S/c1-13(18-10-5-11-27-18)22-19(24)12-26-21(25)20-14-6-2-3-8-16(14)23-17-9-4-7-15(17)20/h2-3,5-6,8,10-11,13H,4,7,9,12H2,1H3,(H,22,24)/t13-/m1/s1. The van der Waals surface area contributed by atoms with E-state index in [2.05, 4.69) is 10.3 Å². The van der Waals surface area contributed by atoms with Crippen molar-refractivity contribution in [3.05, 3.63) is 63.5 Å². The van der Waals surface area contributed by atoms with Crippen LogP contribution in [0.25, 0.3) is 10.9 Å². The fourth-order valence-electron chi connectivity index (χ4n) is 3.54. The lowest BCUT2D eigenvalue weighted by Gasteiger charge is -2.14. The summed E-state index contributed by atoms with van der Waals surface area (Å²) in [6.07, 6.45) is 2.68. The van der Waals surface area contributed by atoms with Crippen LogP contribution in [0.15, 0.2) is 41.8 Å². The Balaban J connectivity index is 1.50. The minimum absolute atomic E-state index is 0.109. The molecular weight excluding hydrogens is 360 g/mol. The third kappa shape index (κ3) is 3.57. The Hall–Kier alpha value is -2.73. The summed E-state index contributed by atoms with van der Waals surface area (Å²) in [4.78, 5) is 30.7. The fourth-order valence-corrected chi connectivity index (χ4v) is 4.27. The molecule has 0 bridgehead atoms. The molecule has 1 aliphatic rings. The first kappa shape index (κ1) is 17.7. The smallest absolute Gasteiger partial charge is 0.339 e. The van der Waals surface area contributed by atoms with Crippen molar-refractivity contribution in [2.75, 3.05) is 6.61 Å². The summed E-state index contributed by atoms with van der Waals surface area (Å²) in [6, 6.07) is 11.4. The van der Waals surface area contributed by atoms with Crippen molar-refractivity contribution < 1.29 is 14.3 Å². The van der Waals surface area contributed by atoms with Crippen molar-refractivity contribution >= 4 is 34.1 Å². The first-order valence-corrected chi connectivity index (χ1v) is 9.92. The van der Waals surface area contributed by atoms with Crippen molar-refractivity contribution in [2.45, 2.75) is 32.2 Å². The van der Waals surface area contributed by atoms with E-state index in [-0.39, 0.29) is 18.6 Å². The molecule has 0 aliphatic heterocycles. The summed E-state index contributed by atoms with van der Waals surface area (Å²) >= 11 is 1.58. The number of aryl methyl sites for hydroxylation is 1. The van der Waals surface area contributed by atoms with Gasteiger partial charge < -0.3 is 10.1 Å². The maximum absolute atomic E-state index is 12.8. The molecule has 5 nitrogen and oxygen atoms in total. The van der Waals surface area contributed by atoms with Gasteiger partial charge in [-0.3, -0.25) is 9.78 Å². The van der Waals surface area contributed by atoms with E-state index in [1.807, 2.05) is 48.7 Å². The molecule has 0 radical (unpaired) electrons. The van der Waals surface area contributed by atoms with Gasteiger partial charge in [-0.05, 0) is 49.3 Å². The largest absolute Gasteiger partial charge is 0.452 e. The number of pyridine rings is 1. The molecule has 1 amide bonds. The molecule has 27 heavy (non-hydrogen) atoms. The predicted octanol–water partition coefficient (Wildman–Crippen LogP) is 3.82. The molecule has 4 rings (SSSR count).